The molecule has 1 aromatic heterocycles. The maximum atomic E-state index is 12.3. The molecule has 0 N–H and O–H groups in total. The minimum absolute atomic E-state index is 0.0479. The van der Waals surface area contributed by atoms with Crippen molar-refractivity contribution >= 4 is 15.9 Å². The fraction of sp³-hybridized carbons (Fsp3) is 0.333. The summed E-state index contributed by atoms with van der Waals surface area (Å²) in [7, 11) is -3.60. The number of aromatic nitrogens is 1. The third kappa shape index (κ3) is 2.18. The Hall–Kier alpha value is -2.41. The molecule has 7 heteroatoms. The first kappa shape index (κ1) is 14.9. The van der Waals surface area contributed by atoms with E-state index < -0.39 is 10.0 Å². The molecule has 1 fully saturated rings. The minimum atomic E-state index is -3.60. The molecule has 0 saturated carbocycles. The van der Waals surface area contributed by atoms with Gasteiger partial charge in [-0.25, -0.2) is 0 Å². The first-order valence-electron chi connectivity index (χ1n) is 8.42. The van der Waals surface area contributed by atoms with E-state index >= 15 is 0 Å². The number of hydrogen-bond donors (Lipinski definition) is 0. The smallest absolute Gasteiger partial charge is 0.285 e. The SMILES string of the molecule is O=c1cccc2n1CC1CC2CN(C2=NS(=O)(=O)c3ccccc32)C1. The van der Waals surface area contributed by atoms with E-state index in [0.717, 1.165) is 18.7 Å². The van der Waals surface area contributed by atoms with Crippen LogP contribution in [0.2, 0.25) is 0 Å². The number of pyridine rings is 1. The van der Waals surface area contributed by atoms with Gasteiger partial charge >= 0.3 is 0 Å². The Kier molecular flexibility index (Phi) is 3.01. The fourth-order valence-electron chi connectivity index (χ4n) is 4.39. The number of amidine groups is 1. The third-order valence-corrected chi connectivity index (χ3v) is 6.72. The van der Waals surface area contributed by atoms with Crippen LogP contribution < -0.4 is 5.56 Å². The fourth-order valence-corrected chi connectivity index (χ4v) is 5.61. The molecule has 5 rings (SSSR count). The second kappa shape index (κ2) is 5.05. The molecule has 128 valence electrons. The highest BCUT2D eigenvalue weighted by molar-refractivity contribution is 7.90. The van der Waals surface area contributed by atoms with E-state index in [0.29, 0.717) is 30.4 Å². The Bertz CT molecular complexity index is 1070. The molecule has 4 heterocycles. The molecule has 2 atom stereocenters. The average molecular weight is 355 g/mol. The average Bonchev–Trinajstić information content (AvgIpc) is 2.88. The van der Waals surface area contributed by atoms with E-state index in [-0.39, 0.29) is 16.4 Å². The third-order valence-electron chi connectivity index (χ3n) is 5.39. The molecule has 1 saturated heterocycles. The van der Waals surface area contributed by atoms with Crippen molar-refractivity contribution in [2.75, 3.05) is 13.1 Å². The van der Waals surface area contributed by atoms with Crippen molar-refractivity contribution in [3.8, 4) is 0 Å². The van der Waals surface area contributed by atoms with Crippen molar-refractivity contribution in [3.63, 3.8) is 0 Å². The molecule has 6 nitrogen and oxygen atoms in total. The van der Waals surface area contributed by atoms with Crippen LogP contribution in [0.5, 0.6) is 0 Å². The molecular weight excluding hydrogens is 338 g/mol. The Morgan fingerprint density at radius 1 is 1.00 bits per heavy atom. The van der Waals surface area contributed by atoms with Crippen molar-refractivity contribution < 1.29 is 8.42 Å². The monoisotopic (exact) mass is 355 g/mol. The summed E-state index contributed by atoms with van der Waals surface area (Å²) in [5.74, 6) is 1.10. The van der Waals surface area contributed by atoms with Gasteiger partial charge in [-0.2, -0.15) is 8.42 Å². The molecule has 3 aliphatic rings. The molecule has 0 aliphatic carbocycles. The summed E-state index contributed by atoms with van der Waals surface area (Å²) in [6.45, 7) is 2.09. The van der Waals surface area contributed by atoms with E-state index in [2.05, 4.69) is 9.30 Å². The highest BCUT2D eigenvalue weighted by Gasteiger charge is 2.39. The lowest BCUT2D eigenvalue weighted by Crippen LogP contribution is -2.49. The zero-order chi connectivity index (χ0) is 17.2. The predicted molar refractivity (Wildman–Crippen MR) is 93.3 cm³/mol. The summed E-state index contributed by atoms with van der Waals surface area (Å²) in [5.41, 5.74) is 1.78. The lowest BCUT2D eigenvalue weighted by molar-refractivity contribution is 0.179. The normalized spacial score (nSPS) is 25.9. The van der Waals surface area contributed by atoms with Crippen molar-refractivity contribution in [2.24, 2.45) is 10.3 Å². The van der Waals surface area contributed by atoms with Crippen LogP contribution >= 0.6 is 0 Å². The van der Waals surface area contributed by atoms with Crippen LogP contribution in [0.3, 0.4) is 0 Å². The molecular formula is C18H17N3O3S. The lowest BCUT2D eigenvalue weighted by atomic mass is 9.83. The van der Waals surface area contributed by atoms with Crippen LogP contribution in [0.4, 0.5) is 0 Å². The van der Waals surface area contributed by atoms with Crippen molar-refractivity contribution in [2.45, 2.75) is 23.8 Å². The molecule has 3 aliphatic heterocycles. The highest BCUT2D eigenvalue weighted by atomic mass is 32.2. The van der Waals surface area contributed by atoms with Crippen molar-refractivity contribution in [3.05, 3.63) is 64.1 Å². The van der Waals surface area contributed by atoms with Gasteiger partial charge in [0.25, 0.3) is 15.6 Å². The van der Waals surface area contributed by atoms with Crippen molar-refractivity contribution in [1.82, 2.24) is 9.47 Å². The molecule has 2 unspecified atom stereocenters. The maximum Gasteiger partial charge on any atom is 0.285 e. The van der Waals surface area contributed by atoms with Crippen LogP contribution in [0.1, 0.15) is 23.6 Å². The quantitative estimate of drug-likeness (QED) is 0.716. The second-order valence-corrected chi connectivity index (χ2v) is 8.56. The summed E-state index contributed by atoms with van der Waals surface area (Å²) in [5, 5.41) is 0. The zero-order valence-electron chi connectivity index (χ0n) is 13.5. The molecule has 25 heavy (non-hydrogen) atoms. The van der Waals surface area contributed by atoms with Gasteiger partial charge in [-0.05, 0) is 30.5 Å². The van der Waals surface area contributed by atoms with Gasteiger partial charge in [-0.15, -0.1) is 4.40 Å². The van der Waals surface area contributed by atoms with Gasteiger partial charge in [0.05, 0.1) is 0 Å². The van der Waals surface area contributed by atoms with E-state index in [1.807, 2.05) is 22.8 Å². The predicted octanol–water partition coefficient (Wildman–Crippen LogP) is 1.42. The highest BCUT2D eigenvalue weighted by Crippen LogP contribution is 2.37. The van der Waals surface area contributed by atoms with Crippen molar-refractivity contribution in [1.29, 1.82) is 0 Å². The summed E-state index contributed by atoms with van der Waals surface area (Å²) < 4.78 is 30.6. The topological polar surface area (TPSA) is 71.7 Å². The first-order valence-corrected chi connectivity index (χ1v) is 9.86. The Morgan fingerprint density at radius 2 is 1.84 bits per heavy atom. The minimum Gasteiger partial charge on any atom is -0.354 e. The first-order chi connectivity index (χ1) is 12.0. The van der Waals surface area contributed by atoms with Gasteiger partial charge in [0.2, 0.25) is 0 Å². The molecule has 2 aromatic rings. The van der Waals surface area contributed by atoms with E-state index in [1.54, 1.807) is 24.3 Å². The molecule has 0 spiro atoms. The van der Waals surface area contributed by atoms with Gasteiger partial charge in [-0.1, -0.05) is 18.2 Å². The second-order valence-electron chi connectivity index (χ2n) is 6.99. The van der Waals surface area contributed by atoms with E-state index in [9.17, 15) is 13.2 Å². The Labute approximate surface area is 145 Å². The van der Waals surface area contributed by atoms with Gasteiger partial charge in [0.1, 0.15) is 4.90 Å². The number of benzene rings is 1. The number of nitrogens with zero attached hydrogens (tertiary/aromatic N) is 3. The van der Waals surface area contributed by atoms with Gasteiger partial charge in [-0.3, -0.25) is 4.79 Å². The number of hydrogen-bond acceptors (Lipinski definition) is 4. The zero-order valence-corrected chi connectivity index (χ0v) is 14.3. The summed E-state index contributed by atoms with van der Waals surface area (Å²) in [4.78, 5) is 14.5. The Morgan fingerprint density at radius 3 is 2.72 bits per heavy atom. The van der Waals surface area contributed by atoms with E-state index in [1.165, 1.54) is 0 Å². The molecule has 2 bridgehead atoms. The van der Waals surface area contributed by atoms with Gasteiger partial charge in [0.15, 0.2) is 5.84 Å². The van der Waals surface area contributed by atoms with Crippen LogP contribution in [-0.4, -0.2) is 36.8 Å². The van der Waals surface area contributed by atoms with Crippen LogP contribution in [0.25, 0.3) is 0 Å². The number of sulfonamides is 1. The Balaban J connectivity index is 1.56. The van der Waals surface area contributed by atoms with E-state index in [4.69, 9.17) is 0 Å². The van der Waals surface area contributed by atoms with Crippen LogP contribution in [-0.2, 0) is 16.6 Å². The van der Waals surface area contributed by atoms with Crippen LogP contribution in [0.15, 0.2) is 56.6 Å². The number of piperidine rings is 1. The summed E-state index contributed by atoms with van der Waals surface area (Å²) in [6, 6.07) is 12.4. The molecule has 1 aromatic carbocycles. The summed E-state index contributed by atoms with van der Waals surface area (Å²) >= 11 is 0. The molecule has 0 radical (unpaired) electrons. The number of likely N-dealkylation sites (tertiary alicyclic amines) is 1. The molecule has 0 amide bonds. The number of fused-ring (bicyclic) bond motifs is 5. The number of rotatable bonds is 0. The van der Waals surface area contributed by atoms with Crippen LogP contribution in [0, 0.1) is 5.92 Å². The standard InChI is InChI=1S/C18H17N3O3S/c22-17-7-3-5-15-13-8-12(10-21(15)17)9-20(11-13)18-14-4-1-2-6-16(14)25(23,24)19-18/h1-7,12-13H,8-11H2. The van der Waals surface area contributed by atoms with Gasteiger partial charge < -0.3 is 9.47 Å². The summed E-state index contributed by atoms with van der Waals surface area (Å²) in [6.07, 6.45) is 1.03. The lowest BCUT2D eigenvalue weighted by Gasteiger charge is -2.43. The largest absolute Gasteiger partial charge is 0.354 e. The van der Waals surface area contributed by atoms with Gasteiger partial charge in [0, 0.05) is 42.9 Å². The maximum absolute atomic E-state index is 12.3.